The van der Waals surface area contributed by atoms with Crippen molar-refractivity contribution in [2.75, 3.05) is 13.2 Å². The Morgan fingerprint density at radius 2 is 2.36 bits per heavy atom. The molecule has 0 aliphatic heterocycles. The average Bonchev–Trinajstić information content (AvgIpc) is 1.94. The second kappa shape index (κ2) is 4.31. The summed E-state index contributed by atoms with van der Waals surface area (Å²) in [4.78, 5) is 10.5. The maximum atomic E-state index is 10.5. The number of carbonyl (C=O) groups is 1. The number of rotatable bonds is 4. The highest BCUT2D eigenvalue weighted by Gasteiger charge is 2.17. The van der Waals surface area contributed by atoms with Crippen molar-refractivity contribution in [3.8, 4) is 0 Å². The van der Waals surface area contributed by atoms with Crippen molar-refractivity contribution in [2.45, 2.75) is 19.3 Å². The number of hydrogen-bond donors (Lipinski definition) is 2. The van der Waals surface area contributed by atoms with E-state index >= 15 is 0 Å². The molecule has 1 aliphatic carbocycles. The monoisotopic (exact) mass is 158 g/mol. The summed E-state index contributed by atoms with van der Waals surface area (Å²) in [6, 6.07) is 0. The zero-order valence-corrected chi connectivity index (χ0v) is 6.51. The molecule has 0 atom stereocenters. The van der Waals surface area contributed by atoms with Crippen molar-refractivity contribution in [1.82, 2.24) is 5.43 Å². The van der Waals surface area contributed by atoms with Gasteiger partial charge in [0.05, 0.1) is 6.61 Å². The molecule has 1 fully saturated rings. The molecule has 0 heterocycles. The molecule has 1 aliphatic rings. The fourth-order valence-corrected chi connectivity index (χ4v) is 1.02. The first kappa shape index (κ1) is 8.49. The largest absolute Gasteiger partial charge is 0.371 e. The first-order valence-electron chi connectivity index (χ1n) is 3.90. The van der Waals surface area contributed by atoms with E-state index in [1.807, 2.05) is 5.43 Å². The number of amides is 1. The molecule has 0 saturated heterocycles. The Morgan fingerprint density at radius 1 is 1.64 bits per heavy atom. The van der Waals surface area contributed by atoms with Crippen molar-refractivity contribution in [2.24, 2.45) is 11.8 Å². The van der Waals surface area contributed by atoms with Gasteiger partial charge in [-0.25, -0.2) is 5.84 Å². The van der Waals surface area contributed by atoms with Crippen molar-refractivity contribution in [1.29, 1.82) is 0 Å². The van der Waals surface area contributed by atoms with Crippen LogP contribution < -0.4 is 11.3 Å². The van der Waals surface area contributed by atoms with Gasteiger partial charge < -0.3 is 4.74 Å². The Bertz CT molecular complexity index is 134. The van der Waals surface area contributed by atoms with Gasteiger partial charge in [0.25, 0.3) is 5.91 Å². The van der Waals surface area contributed by atoms with Gasteiger partial charge in [-0.3, -0.25) is 10.2 Å². The lowest BCUT2D eigenvalue weighted by molar-refractivity contribution is -0.126. The highest BCUT2D eigenvalue weighted by atomic mass is 16.5. The lowest BCUT2D eigenvalue weighted by Crippen LogP contribution is -2.34. The molecule has 64 valence electrons. The maximum absolute atomic E-state index is 10.5. The molecule has 0 spiro atoms. The van der Waals surface area contributed by atoms with E-state index in [9.17, 15) is 4.79 Å². The summed E-state index contributed by atoms with van der Waals surface area (Å²) in [7, 11) is 0. The number of nitrogens with one attached hydrogen (secondary N) is 1. The van der Waals surface area contributed by atoms with Crippen molar-refractivity contribution >= 4 is 5.91 Å². The standard InChI is InChI=1S/C7H14N2O2/c8-9-7(10)5-11-4-6-2-1-3-6/h6H,1-5,8H2,(H,9,10). The van der Waals surface area contributed by atoms with E-state index < -0.39 is 0 Å². The van der Waals surface area contributed by atoms with E-state index in [1.54, 1.807) is 0 Å². The van der Waals surface area contributed by atoms with Gasteiger partial charge >= 0.3 is 0 Å². The zero-order chi connectivity index (χ0) is 8.10. The van der Waals surface area contributed by atoms with Gasteiger partial charge in [0.15, 0.2) is 0 Å². The summed E-state index contributed by atoms with van der Waals surface area (Å²) in [5, 5.41) is 0. The number of carbonyl (C=O) groups excluding carboxylic acids is 1. The fraction of sp³-hybridized carbons (Fsp3) is 0.857. The average molecular weight is 158 g/mol. The minimum atomic E-state index is -0.260. The summed E-state index contributed by atoms with van der Waals surface area (Å²) in [6.07, 6.45) is 3.78. The van der Waals surface area contributed by atoms with Gasteiger partial charge in [0, 0.05) is 0 Å². The van der Waals surface area contributed by atoms with Crippen LogP contribution in [-0.4, -0.2) is 19.1 Å². The molecule has 1 saturated carbocycles. The summed E-state index contributed by atoms with van der Waals surface area (Å²) in [5.41, 5.74) is 2.01. The van der Waals surface area contributed by atoms with Crippen molar-refractivity contribution in [3.63, 3.8) is 0 Å². The third kappa shape index (κ3) is 2.86. The maximum Gasteiger partial charge on any atom is 0.259 e. The van der Waals surface area contributed by atoms with Gasteiger partial charge in [-0.1, -0.05) is 6.42 Å². The fourth-order valence-electron chi connectivity index (χ4n) is 1.02. The Morgan fingerprint density at radius 3 is 2.82 bits per heavy atom. The van der Waals surface area contributed by atoms with Crippen LogP contribution in [0.5, 0.6) is 0 Å². The Kier molecular flexibility index (Phi) is 3.32. The molecule has 0 aromatic rings. The summed E-state index contributed by atoms with van der Waals surface area (Å²) < 4.78 is 5.10. The Hall–Kier alpha value is -0.610. The molecule has 4 nitrogen and oxygen atoms in total. The van der Waals surface area contributed by atoms with Crippen molar-refractivity contribution < 1.29 is 9.53 Å². The molecule has 4 heteroatoms. The van der Waals surface area contributed by atoms with E-state index in [-0.39, 0.29) is 12.5 Å². The predicted octanol–water partition coefficient (Wildman–Crippen LogP) is -0.207. The van der Waals surface area contributed by atoms with Gasteiger partial charge in [0.1, 0.15) is 6.61 Å². The van der Waals surface area contributed by atoms with Gasteiger partial charge in [0.2, 0.25) is 0 Å². The molecule has 0 bridgehead atoms. The van der Waals surface area contributed by atoms with Crippen molar-refractivity contribution in [3.05, 3.63) is 0 Å². The van der Waals surface area contributed by atoms with Crippen LogP contribution in [-0.2, 0) is 9.53 Å². The van der Waals surface area contributed by atoms with Gasteiger partial charge in [-0.2, -0.15) is 0 Å². The molecule has 11 heavy (non-hydrogen) atoms. The predicted molar refractivity (Wildman–Crippen MR) is 40.5 cm³/mol. The van der Waals surface area contributed by atoms with E-state index in [2.05, 4.69) is 0 Å². The first-order valence-corrected chi connectivity index (χ1v) is 3.90. The normalized spacial score (nSPS) is 17.5. The number of hydrazine groups is 1. The summed E-state index contributed by atoms with van der Waals surface area (Å²) in [6.45, 7) is 0.792. The SMILES string of the molecule is NNC(=O)COCC1CCC1. The van der Waals surface area contributed by atoms with E-state index in [0.29, 0.717) is 12.5 Å². The first-order chi connectivity index (χ1) is 5.33. The third-order valence-electron chi connectivity index (χ3n) is 1.97. The highest BCUT2D eigenvalue weighted by molar-refractivity contribution is 5.76. The van der Waals surface area contributed by atoms with Crippen LogP contribution in [0.25, 0.3) is 0 Å². The Balaban J connectivity index is 1.90. The van der Waals surface area contributed by atoms with E-state index in [1.165, 1.54) is 19.3 Å². The summed E-state index contributed by atoms with van der Waals surface area (Å²) in [5.74, 6) is 5.28. The van der Waals surface area contributed by atoms with Crippen LogP contribution in [0.3, 0.4) is 0 Å². The second-order valence-electron chi connectivity index (χ2n) is 2.88. The molecule has 0 radical (unpaired) electrons. The minimum Gasteiger partial charge on any atom is -0.371 e. The number of nitrogens with two attached hydrogens (primary N) is 1. The molecule has 0 aromatic heterocycles. The zero-order valence-electron chi connectivity index (χ0n) is 6.51. The molecular formula is C7H14N2O2. The number of ether oxygens (including phenoxy) is 1. The number of hydrogen-bond acceptors (Lipinski definition) is 3. The molecular weight excluding hydrogens is 144 g/mol. The topological polar surface area (TPSA) is 64.3 Å². The highest BCUT2D eigenvalue weighted by Crippen LogP contribution is 2.25. The van der Waals surface area contributed by atoms with Crippen LogP contribution in [0, 0.1) is 5.92 Å². The minimum absolute atomic E-state index is 0.0903. The molecule has 0 aromatic carbocycles. The molecule has 1 amide bonds. The van der Waals surface area contributed by atoms with Crippen LogP contribution in [0.15, 0.2) is 0 Å². The lowest BCUT2D eigenvalue weighted by Gasteiger charge is -2.24. The van der Waals surface area contributed by atoms with Crippen LogP contribution in [0.2, 0.25) is 0 Å². The molecule has 0 unspecified atom stereocenters. The van der Waals surface area contributed by atoms with Gasteiger partial charge in [-0.15, -0.1) is 0 Å². The molecule has 1 rings (SSSR count). The van der Waals surface area contributed by atoms with Crippen LogP contribution in [0.4, 0.5) is 0 Å². The quantitative estimate of drug-likeness (QED) is 0.338. The molecule has 3 N–H and O–H groups in total. The lowest BCUT2D eigenvalue weighted by atomic mass is 9.86. The summed E-state index contributed by atoms with van der Waals surface area (Å²) >= 11 is 0. The second-order valence-corrected chi connectivity index (χ2v) is 2.88. The van der Waals surface area contributed by atoms with Gasteiger partial charge in [-0.05, 0) is 18.8 Å². The van der Waals surface area contributed by atoms with Crippen LogP contribution >= 0.6 is 0 Å². The Labute approximate surface area is 66.1 Å². The van der Waals surface area contributed by atoms with Crippen LogP contribution in [0.1, 0.15) is 19.3 Å². The third-order valence-corrected chi connectivity index (χ3v) is 1.97. The smallest absolute Gasteiger partial charge is 0.259 e. The van der Waals surface area contributed by atoms with E-state index in [4.69, 9.17) is 10.6 Å². The van der Waals surface area contributed by atoms with E-state index in [0.717, 1.165) is 0 Å².